The maximum Gasteiger partial charge on any atom is 0.412 e. The number of amides is 1. The van der Waals surface area contributed by atoms with E-state index in [1.54, 1.807) is 57.2 Å². The Hall–Kier alpha value is -2.60. The molecule has 1 aromatic heterocycles. The molecule has 6 nitrogen and oxygen atoms in total. The van der Waals surface area contributed by atoms with Crippen LogP contribution in [0.1, 0.15) is 26.5 Å². The van der Waals surface area contributed by atoms with Crippen molar-refractivity contribution in [2.24, 2.45) is 0 Å². The molecule has 2 aromatic rings. The number of carbonyl (C=O) groups is 1. The number of rotatable bonds is 4. The molecule has 0 aliphatic carbocycles. The molecule has 0 atom stereocenters. The predicted molar refractivity (Wildman–Crippen MR) is 86.5 cm³/mol. The molecular formula is C17H20N2O4. The van der Waals surface area contributed by atoms with E-state index in [1.807, 2.05) is 0 Å². The third-order valence-electron chi connectivity index (χ3n) is 2.67. The summed E-state index contributed by atoms with van der Waals surface area (Å²) in [6.07, 6.45) is 1.00. The van der Waals surface area contributed by atoms with Gasteiger partial charge in [0.15, 0.2) is 0 Å². The lowest BCUT2D eigenvalue weighted by Crippen LogP contribution is -2.27. The van der Waals surface area contributed by atoms with Gasteiger partial charge in [-0.3, -0.25) is 10.3 Å². The van der Waals surface area contributed by atoms with Gasteiger partial charge >= 0.3 is 6.09 Å². The normalized spacial score (nSPS) is 11.0. The van der Waals surface area contributed by atoms with Crippen LogP contribution < -0.4 is 10.1 Å². The third-order valence-corrected chi connectivity index (χ3v) is 2.67. The number of aliphatic hydroxyl groups excluding tert-OH is 1. The molecule has 0 saturated heterocycles. The molecule has 2 rings (SSSR count). The Morgan fingerprint density at radius 3 is 2.61 bits per heavy atom. The molecule has 0 spiro atoms. The molecule has 0 bridgehead atoms. The summed E-state index contributed by atoms with van der Waals surface area (Å²) in [5.41, 5.74) is 0.576. The topological polar surface area (TPSA) is 80.7 Å². The van der Waals surface area contributed by atoms with E-state index in [1.165, 1.54) is 6.20 Å². The second-order valence-electron chi connectivity index (χ2n) is 5.90. The van der Waals surface area contributed by atoms with E-state index in [4.69, 9.17) is 14.6 Å². The second kappa shape index (κ2) is 7.11. The number of aromatic nitrogens is 1. The van der Waals surface area contributed by atoms with Gasteiger partial charge in [0.1, 0.15) is 17.1 Å². The quantitative estimate of drug-likeness (QED) is 0.898. The fourth-order valence-corrected chi connectivity index (χ4v) is 1.76. The van der Waals surface area contributed by atoms with Gasteiger partial charge < -0.3 is 14.6 Å². The number of hydrogen-bond donors (Lipinski definition) is 2. The van der Waals surface area contributed by atoms with Crippen molar-refractivity contribution in [3.05, 3.63) is 48.3 Å². The van der Waals surface area contributed by atoms with Gasteiger partial charge in [0.2, 0.25) is 0 Å². The van der Waals surface area contributed by atoms with Gasteiger partial charge in [0, 0.05) is 11.8 Å². The van der Waals surface area contributed by atoms with Crippen molar-refractivity contribution in [3.63, 3.8) is 0 Å². The number of nitrogens with zero attached hydrogens (tertiary/aromatic N) is 1. The minimum atomic E-state index is -0.557. The summed E-state index contributed by atoms with van der Waals surface area (Å²) in [7, 11) is 0. The van der Waals surface area contributed by atoms with Crippen molar-refractivity contribution in [2.75, 3.05) is 5.32 Å². The van der Waals surface area contributed by atoms with E-state index >= 15 is 0 Å². The predicted octanol–water partition coefficient (Wildman–Crippen LogP) is 3.71. The number of pyridine rings is 1. The Balaban J connectivity index is 2.02. The van der Waals surface area contributed by atoms with Crippen LogP contribution in [0.2, 0.25) is 0 Å². The molecule has 0 unspecified atom stereocenters. The van der Waals surface area contributed by atoms with Crippen LogP contribution in [-0.2, 0) is 11.3 Å². The van der Waals surface area contributed by atoms with E-state index in [9.17, 15) is 4.79 Å². The number of anilines is 1. The van der Waals surface area contributed by atoms with Crippen LogP contribution in [0.3, 0.4) is 0 Å². The molecule has 0 fully saturated rings. The number of ether oxygens (including phenoxy) is 2. The zero-order valence-electron chi connectivity index (χ0n) is 13.4. The summed E-state index contributed by atoms with van der Waals surface area (Å²) in [4.78, 5) is 15.8. The molecule has 0 aliphatic rings. The molecule has 23 heavy (non-hydrogen) atoms. The van der Waals surface area contributed by atoms with Crippen molar-refractivity contribution < 1.29 is 19.4 Å². The molecule has 1 heterocycles. The fourth-order valence-electron chi connectivity index (χ4n) is 1.76. The van der Waals surface area contributed by atoms with Gasteiger partial charge in [-0.25, -0.2) is 4.79 Å². The Kier molecular flexibility index (Phi) is 5.18. The van der Waals surface area contributed by atoms with Crippen molar-refractivity contribution in [3.8, 4) is 11.5 Å². The smallest absolute Gasteiger partial charge is 0.412 e. The van der Waals surface area contributed by atoms with E-state index in [-0.39, 0.29) is 6.61 Å². The van der Waals surface area contributed by atoms with Crippen LogP contribution in [0, 0.1) is 0 Å². The van der Waals surface area contributed by atoms with Gasteiger partial charge in [0.05, 0.1) is 18.5 Å². The maximum absolute atomic E-state index is 11.8. The summed E-state index contributed by atoms with van der Waals surface area (Å²) >= 11 is 0. The SMILES string of the molecule is CC(C)(C)OC(=O)Nc1cccc(Oc2ccc(CO)nc2)c1. The monoisotopic (exact) mass is 316 g/mol. The van der Waals surface area contributed by atoms with Gasteiger partial charge in [-0.2, -0.15) is 0 Å². The first kappa shape index (κ1) is 16.8. The highest BCUT2D eigenvalue weighted by Gasteiger charge is 2.16. The molecule has 122 valence electrons. The number of benzene rings is 1. The number of nitrogens with one attached hydrogen (secondary N) is 1. The summed E-state index contributed by atoms with van der Waals surface area (Å²) in [6.45, 7) is 5.29. The van der Waals surface area contributed by atoms with Gasteiger partial charge in [-0.15, -0.1) is 0 Å². The lowest BCUT2D eigenvalue weighted by atomic mass is 10.2. The molecule has 1 aromatic carbocycles. The number of aliphatic hydroxyl groups is 1. The molecule has 2 N–H and O–H groups in total. The van der Waals surface area contributed by atoms with E-state index < -0.39 is 11.7 Å². The van der Waals surface area contributed by atoms with E-state index in [0.717, 1.165) is 0 Å². The summed E-state index contributed by atoms with van der Waals surface area (Å²) in [6, 6.07) is 10.3. The standard InChI is InChI=1S/C17H20N2O4/c1-17(2,3)23-16(21)19-12-5-4-6-14(9-12)22-15-8-7-13(11-20)18-10-15/h4-10,20H,11H2,1-3H3,(H,19,21). The highest BCUT2D eigenvalue weighted by molar-refractivity contribution is 5.85. The number of carbonyl (C=O) groups excluding carboxylic acids is 1. The van der Waals surface area contributed by atoms with E-state index in [2.05, 4.69) is 10.3 Å². The first-order valence-electron chi connectivity index (χ1n) is 7.19. The van der Waals surface area contributed by atoms with E-state index in [0.29, 0.717) is 22.9 Å². The van der Waals surface area contributed by atoms with Crippen LogP contribution in [0.5, 0.6) is 11.5 Å². The average Bonchev–Trinajstić information content (AvgIpc) is 2.46. The zero-order chi connectivity index (χ0) is 16.9. The average molecular weight is 316 g/mol. The van der Waals surface area contributed by atoms with Crippen LogP contribution in [0.4, 0.5) is 10.5 Å². The van der Waals surface area contributed by atoms with Gasteiger partial charge in [-0.1, -0.05) is 6.07 Å². The molecular weight excluding hydrogens is 296 g/mol. The molecule has 0 aliphatic heterocycles. The van der Waals surface area contributed by atoms with Crippen molar-refractivity contribution in [2.45, 2.75) is 33.0 Å². The van der Waals surface area contributed by atoms with Crippen LogP contribution in [0.15, 0.2) is 42.6 Å². The van der Waals surface area contributed by atoms with Crippen LogP contribution >= 0.6 is 0 Å². The molecule has 1 amide bonds. The zero-order valence-corrected chi connectivity index (χ0v) is 13.4. The fraction of sp³-hybridized carbons (Fsp3) is 0.294. The highest BCUT2D eigenvalue weighted by atomic mass is 16.6. The minimum Gasteiger partial charge on any atom is -0.456 e. The first-order valence-corrected chi connectivity index (χ1v) is 7.19. The second-order valence-corrected chi connectivity index (χ2v) is 5.90. The lowest BCUT2D eigenvalue weighted by Gasteiger charge is -2.19. The first-order chi connectivity index (χ1) is 10.9. The minimum absolute atomic E-state index is 0.116. The summed E-state index contributed by atoms with van der Waals surface area (Å²) in [5.74, 6) is 1.09. The molecule has 6 heteroatoms. The summed E-state index contributed by atoms with van der Waals surface area (Å²) < 4.78 is 10.9. The maximum atomic E-state index is 11.8. The van der Waals surface area contributed by atoms with Gasteiger partial charge in [0.25, 0.3) is 0 Å². The Morgan fingerprint density at radius 2 is 2.00 bits per heavy atom. The largest absolute Gasteiger partial charge is 0.456 e. The van der Waals surface area contributed by atoms with Crippen molar-refractivity contribution in [1.29, 1.82) is 0 Å². The van der Waals surface area contributed by atoms with Crippen molar-refractivity contribution >= 4 is 11.8 Å². The molecule has 0 saturated carbocycles. The van der Waals surface area contributed by atoms with Crippen molar-refractivity contribution in [1.82, 2.24) is 4.98 Å². The Morgan fingerprint density at radius 1 is 1.22 bits per heavy atom. The Bertz CT molecular complexity index is 663. The Labute approximate surface area is 135 Å². The van der Waals surface area contributed by atoms with Crippen LogP contribution in [0.25, 0.3) is 0 Å². The number of hydrogen-bond acceptors (Lipinski definition) is 5. The van der Waals surface area contributed by atoms with Crippen LogP contribution in [-0.4, -0.2) is 21.8 Å². The molecule has 0 radical (unpaired) electrons. The highest BCUT2D eigenvalue weighted by Crippen LogP contribution is 2.24. The summed E-state index contributed by atoms with van der Waals surface area (Å²) in [5, 5.41) is 11.6. The van der Waals surface area contributed by atoms with Gasteiger partial charge in [-0.05, 0) is 45.0 Å². The third kappa shape index (κ3) is 5.60. The lowest BCUT2D eigenvalue weighted by molar-refractivity contribution is 0.0636.